The van der Waals surface area contributed by atoms with Crippen LogP contribution in [0.1, 0.15) is 63.9 Å². The van der Waals surface area contributed by atoms with E-state index in [9.17, 15) is 0 Å². The molecule has 2 heteroatoms. The van der Waals surface area contributed by atoms with E-state index in [1.54, 1.807) is 0 Å². The van der Waals surface area contributed by atoms with E-state index in [0.29, 0.717) is 0 Å². The van der Waals surface area contributed by atoms with Gasteiger partial charge in [-0.05, 0) is 53.9 Å². The number of hydrogen-bond donors (Lipinski definition) is 0. The van der Waals surface area contributed by atoms with E-state index < -0.39 is 0 Å². The maximum absolute atomic E-state index is 4.63. The largest absolute Gasteiger partial charge is 0.195 e. The molecule has 0 atom stereocenters. The fourth-order valence-electron chi connectivity index (χ4n) is 3.11. The third-order valence-electron chi connectivity index (χ3n) is 4.65. The van der Waals surface area contributed by atoms with Crippen LogP contribution in [-0.2, 0) is 6.42 Å². The molecule has 0 saturated carbocycles. The fourth-order valence-corrected chi connectivity index (χ4v) is 3.21. The highest BCUT2D eigenvalue weighted by Gasteiger charge is 1.99. The Bertz CT molecular complexity index is 651. The average molecular weight is 352 g/mol. The summed E-state index contributed by atoms with van der Waals surface area (Å²) < 4.78 is 0. The van der Waals surface area contributed by atoms with Crippen molar-refractivity contribution in [3.63, 3.8) is 0 Å². The predicted octanol–water partition coefficient (Wildman–Crippen LogP) is 7.77. The smallest absolute Gasteiger partial charge is 0.0739 e. The van der Waals surface area contributed by atoms with Crippen LogP contribution >= 0.6 is 12.2 Å². The zero-order chi connectivity index (χ0) is 17.7. The van der Waals surface area contributed by atoms with Crippen molar-refractivity contribution >= 4 is 23.1 Å². The second-order valence-corrected chi connectivity index (χ2v) is 6.85. The molecule has 0 bridgehead atoms. The van der Waals surface area contributed by atoms with Gasteiger partial charge >= 0.3 is 0 Å². The molecule has 0 aliphatic rings. The van der Waals surface area contributed by atoms with Crippen molar-refractivity contribution in [3.8, 4) is 11.1 Å². The Balaban J connectivity index is 1.73. The monoisotopic (exact) mass is 351 g/mol. The summed E-state index contributed by atoms with van der Waals surface area (Å²) in [5, 5.41) is 2.40. The van der Waals surface area contributed by atoms with E-state index in [4.69, 9.17) is 0 Å². The number of nitrogens with zero attached hydrogens (tertiary/aromatic N) is 1. The predicted molar refractivity (Wildman–Crippen MR) is 113 cm³/mol. The van der Waals surface area contributed by atoms with Crippen molar-refractivity contribution in [1.29, 1.82) is 0 Å². The lowest BCUT2D eigenvalue weighted by molar-refractivity contribution is 0.575. The summed E-state index contributed by atoms with van der Waals surface area (Å²) in [7, 11) is 0. The molecule has 2 rings (SSSR count). The van der Waals surface area contributed by atoms with Gasteiger partial charge in [0.05, 0.1) is 10.8 Å². The number of isothiocyanates is 1. The van der Waals surface area contributed by atoms with Gasteiger partial charge < -0.3 is 0 Å². The number of rotatable bonds is 11. The highest BCUT2D eigenvalue weighted by molar-refractivity contribution is 7.78. The van der Waals surface area contributed by atoms with E-state index in [2.05, 4.69) is 65.7 Å². The molecule has 25 heavy (non-hydrogen) atoms. The number of thiocarbonyl (C=S) groups is 1. The molecule has 132 valence electrons. The van der Waals surface area contributed by atoms with Gasteiger partial charge in [0.25, 0.3) is 0 Å². The Hall–Kier alpha value is -1.76. The topological polar surface area (TPSA) is 12.4 Å². The summed E-state index contributed by atoms with van der Waals surface area (Å²) >= 11 is 4.63. The average Bonchev–Trinajstić information content (AvgIpc) is 2.65. The van der Waals surface area contributed by atoms with Crippen LogP contribution in [0.25, 0.3) is 11.1 Å². The highest BCUT2D eigenvalue weighted by Crippen LogP contribution is 2.23. The van der Waals surface area contributed by atoms with Gasteiger partial charge in [0, 0.05) is 0 Å². The molecule has 2 aromatic carbocycles. The third kappa shape index (κ3) is 7.34. The van der Waals surface area contributed by atoms with Crippen LogP contribution in [0.15, 0.2) is 53.5 Å². The van der Waals surface area contributed by atoms with E-state index in [-0.39, 0.29) is 0 Å². The van der Waals surface area contributed by atoms with Crippen LogP contribution in [0, 0.1) is 0 Å². The number of aryl methyl sites for hydroxylation is 1. The minimum Gasteiger partial charge on any atom is -0.195 e. The van der Waals surface area contributed by atoms with E-state index in [1.165, 1.54) is 74.5 Å². The second-order valence-electron chi connectivity index (χ2n) is 6.67. The number of hydrogen-bond acceptors (Lipinski definition) is 2. The van der Waals surface area contributed by atoms with Gasteiger partial charge in [-0.1, -0.05) is 88.3 Å². The summed E-state index contributed by atoms with van der Waals surface area (Å²) in [6.07, 6.45) is 12.2. The van der Waals surface area contributed by atoms with Gasteiger partial charge in [-0.25, -0.2) is 0 Å². The normalized spacial score (nSPS) is 10.4. The third-order valence-corrected chi connectivity index (χ3v) is 4.74. The Morgan fingerprint density at radius 2 is 1.24 bits per heavy atom. The summed E-state index contributed by atoms with van der Waals surface area (Å²) in [4.78, 5) is 3.99. The number of unbranched alkanes of at least 4 members (excludes halogenated alkanes) is 7. The molecule has 0 spiro atoms. The Kier molecular flexibility index (Phi) is 9.18. The summed E-state index contributed by atoms with van der Waals surface area (Å²) in [5.41, 5.74) is 4.75. The summed E-state index contributed by atoms with van der Waals surface area (Å²) in [5.74, 6) is 0. The maximum atomic E-state index is 4.63. The highest BCUT2D eigenvalue weighted by atomic mass is 32.1. The molecule has 2 aromatic rings. The molecule has 0 fully saturated rings. The molecular formula is C23H29NS. The van der Waals surface area contributed by atoms with E-state index in [0.717, 1.165) is 5.69 Å². The van der Waals surface area contributed by atoms with Crippen LogP contribution in [-0.4, -0.2) is 5.16 Å². The van der Waals surface area contributed by atoms with Crippen molar-refractivity contribution in [2.24, 2.45) is 4.99 Å². The van der Waals surface area contributed by atoms with Crippen LogP contribution in [0.4, 0.5) is 5.69 Å². The molecule has 0 N–H and O–H groups in total. The SMILES string of the molecule is CCCCCCCCCCc1ccc(-c2ccc(N=C=S)cc2)cc1. The van der Waals surface area contributed by atoms with Crippen molar-refractivity contribution < 1.29 is 0 Å². The van der Waals surface area contributed by atoms with Gasteiger partial charge in [-0.2, -0.15) is 4.99 Å². The molecule has 0 unspecified atom stereocenters. The molecule has 0 radical (unpaired) electrons. The number of aliphatic imine (C=N–C) groups is 1. The first-order valence-electron chi connectivity index (χ1n) is 9.60. The molecule has 0 aliphatic carbocycles. The van der Waals surface area contributed by atoms with Gasteiger partial charge in [0.1, 0.15) is 0 Å². The van der Waals surface area contributed by atoms with Crippen LogP contribution < -0.4 is 0 Å². The molecule has 0 aliphatic heterocycles. The lowest BCUT2D eigenvalue weighted by Crippen LogP contribution is -1.87. The van der Waals surface area contributed by atoms with Gasteiger partial charge in [-0.15, -0.1) is 0 Å². The van der Waals surface area contributed by atoms with Crippen LogP contribution in [0.2, 0.25) is 0 Å². The van der Waals surface area contributed by atoms with Gasteiger partial charge in [0.15, 0.2) is 0 Å². The summed E-state index contributed by atoms with van der Waals surface area (Å²) in [6, 6.07) is 17.1. The molecule has 0 aromatic heterocycles. The van der Waals surface area contributed by atoms with E-state index in [1.807, 2.05) is 12.1 Å². The first-order chi connectivity index (χ1) is 12.3. The lowest BCUT2D eigenvalue weighted by atomic mass is 10.0. The molecular weight excluding hydrogens is 322 g/mol. The van der Waals surface area contributed by atoms with Crippen LogP contribution in [0.5, 0.6) is 0 Å². The maximum Gasteiger partial charge on any atom is 0.0739 e. The Morgan fingerprint density at radius 1 is 0.720 bits per heavy atom. The standard InChI is InChI=1S/C23H29NS/c1-2-3-4-5-6-7-8-9-10-20-11-13-21(14-12-20)22-15-17-23(18-16-22)24-19-25/h11-18H,2-10H2,1H3. The molecule has 0 amide bonds. The first-order valence-corrected chi connectivity index (χ1v) is 10.0. The first kappa shape index (κ1) is 19.6. The lowest BCUT2D eigenvalue weighted by Gasteiger charge is -2.05. The summed E-state index contributed by atoms with van der Waals surface area (Å²) in [6.45, 7) is 2.27. The minimum absolute atomic E-state index is 0.852. The molecule has 0 heterocycles. The van der Waals surface area contributed by atoms with Crippen molar-refractivity contribution in [2.45, 2.75) is 64.7 Å². The van der Waals surface area contributed by atoms with Crippen molar-refractivity contribution in [2.75, 3.05) is 0 Å². The van der Waals surface area contributed by atoms with Crippen LogP contribution in [0.3, 0.4) is 0 Å². The molecule has 0 saturated heterocycles. The van der Waals surface area contributed by atoms with E-state index >= 15 is 0 Å². The minimum atomic E-state index is 0.852. The van der Waals surface area contributed by atoms with Gasteiger partial charge in [0.2, 0.25) is 0 Å². The zero-order valence-electron chi connectivity index (χ0n) is 15.3. The van der Waals surface area contributed by atoms with Crippen molar-refractivity contribution in [1.82, 2.24) is 0 Å². The van der Waals surface area contributed by atoms with Gasteiger partial charge in [-0.3, -0.25) is 0 Å². The Labute approximate surface area is 158 Å². The Morgan fingerprint density at radius 3 is 1.80 bits per heavy atom. The quantitative estimate of drug-likeness (QED) is 0.229. The fraction of sp³-hybridized carbons (Fsp3) is 0.435. The molecule has 1 nitrogen and oxygen atoms in total. The zero-order valence-corrected chi connectivity index (χ0v) is 16.2. The van der Waals surface area contributed by atoms with Crippen molar-refractivity contribution in [3.05, 3.63) is 54.1 Å². The second kappa shape index (κ2) is 11.7. The number of benzene rings is 2.